The van der Waals surface area contributed by atoms with Crippen LogP contribution in [0.25, 0.3) is 0 Å². The Hall–Kier alpha value is -1.10. The van der Waals surface area contributed by atoms with Crippen LogP contribution in [-0.2, 0) is 14.3 Å². The fourth-order valence-electron chi connectivity index (χ4n) is 1.77. The number of hydrogen-bond acceptors (Lipinski definition) is 3. The van der Waals surface area contributed by atoms with Crippen LogP contribution < -0.4 is 0 Å². The van der Waals surface area contributed by atoms with Gasteiger partial charge >= 0.3 is 5.97 Å². The standard InChI is InChI=1S/C12H21NO4/c1-12(2,3)17-8-10(14)13-6-4-5-9(7-13)11(15)16/h9H,4-8H2,1-3H3,(H,15,16)/t9-/m1/s1. The van der Waals surface area contributed by atoms with Crippen LogP contribution in [0.1, 0.15) is 33.6 Å². The predicted octanol–water partition coefficient (Wildman–Crippen LogP) is 1.12. The Bertz CT molecular complexity index is 295. The van der Waals surface area contributed by atoms with E-state index in [1.165, 1.54) is 0 Å². The van der Waals surface area contributed by atoms with Crippen LogP contribution in [0.3, 0.4) is 0 Å². The number of aliphatic carboxylic acids is 1. The quantitative estimate of drug-likeness (QED) is 0.806. The van der Waals surface area contributed by atoms with Crippen molar-refractivity contribution < 1.29 is 19.4 Å². The molecule has 0 aromatic heterocycles. The monoisotopic (exact) mass is 243 g/mol. The van der Waals surface area contributed by atoms with Crippen molar-refractivity contribution >= 4 is 11.9 Å². The van der Waals surface area contributed by atoms with Gasteiger partial charge in [-0.2, -0.15) is 0 Å². The Balaban J connectivity index is 2.44. The average molecular weight is 243 g/mol. The van der Waals surface area contributed by atoms with Crippen LogP contribution in [0.4, 0.5) is 0 Å². The molecular formula is C12H21NO4. The van der Waals surface area contributed by atoms with Crippen molar-refractivity contribution in [3.05, 3.63) is 0 Å². The van der Waals surface area contributed by atoms with Crippen LogP contribution in [0.15, 0.2) is 0 Å². The molecule has 0 spiro atoms. The Morgan fingerprint density at radius 1 is 1.41 bits per heavy atom. The second-order valence-corrected chi connectivity index (χ2v) is 5.42. The first-order valence-electron chi connectivity index (χ1n) is 5.94. The number of carboxylic acid groups (broad SMARTS) is 1. The Morgan fingerprint density at radius 2 is 2.06 bits per heavy atom. The molecule has 5 heteroatoms. The maximum absolute atomic E-state index is 11.8. The molecular weight excluding hydrogens is 222 g/mol. The van der Waals surface area contributed by atoms with Crippen molar-refractivity contribution in [2.45, 2.75) is 39.2 Å². The van der Waals surface area contributed by atoms with Crippen LogP contribution in [-0.4, -0.2) is 47.2 Å². The fraction of sp³-hybridized carbons (Fsp3) is 0.833. The van der Waals surface area contributed by atoms with Crippen molar-refractivity contribution in [3.63, 3.8) is 0 Å². The molecule has 5 nitrogen and oxygen atoms in total. The zero-order valence-electron chi connectivity index (χ0n) is 10.7. The molecule has 1 saturated heterocycles. The van der Waals surface area contributed by atoms with Crippen LogP contribution >= 0.6 is 0 Å². The summed E-state index contributed by atoms with van der Waals surface area (Å²) < 4.78 is 5.40. The predicted molar refractivity (Wildman–Crippen MR) is 62.6 cm³/mol. The highest BCUT2D eigenvalue weighted by atomic mass is 16.5. The summed E-state index contributed by atoms with van der Waals surface area (Å²) in [6.07, 6.45) is 1.40. The minimum absolute atomic E-state index is 0.0236. The fourth-order valence-corrected chi connectivity index (χ4v) is 1.77. The molecule has 1 fully saturated rings. The minimum atomic E-state index is -0.820. The molecule has 1 heterocycles. The van der Waals surface area contributed by atoms with Gasteiger partial charge in [0.15, 0.2) is 0 Å². The zero-order chi connectivity index (χ0) is 13.1. The molecule has 1 N–H and O–H groups in total. The van der Waals surface area contributed by atoms with E-state index >= 15 is 0 Å². The lowest BCUT2D eigenvalue weighted by molar-refractivity contribution is -0.149. The molecule has 17 heavy (non-hydrogen) atoms. The molecule has 0 radical (unpaired) electrons. The molecule has 1 aliphatic heterocycles. The number of piperidine rings is 1. The van der Waals surface area contributed by atoms with Gasteiger partial charge in [-0.25, -0.2) is 0 Å². The molecule has 0 aromatic carbocycles. The molecule has 0 saturated carbocycles. The molecule has 0 unspecified atom stereocenters. The first kappa shape index (κ1) is 14.0. The van der Waals surface area contributed by atoms with Gasteiger partial charge < -0.3 is 14.7 Å². The molecule has 1 aliphatic rings. The van der Waals surface area contributed by atoms with Crippen molar-refractivity contribution in [1.29, 1.82) is 0 Å². The number of hydrogen-bond donors (Lipinski definition) is 1. The van der Waals surface area contributed by atoms with E-state index in [1.807, 2.05) is 20.8 Å². The van der Waals surface area contributed by atoms with Gasteiger partial charge in [0.05, 0.1) is 11.5 Å². The third-order valence-corrected chi connectivity index (χ3v) is 2.75. The highest BCUT2D eigenvalue weighted by molar-refractivity contribution is 5.79. The topological polar surface area (TPSA) is 66.8 Å². The van der Waals surface area contributed by atoms with E-state index in [0.717, 1.165) is 6.42 Å². The number of nitrogens with zero attached hydrogens (tertiary/aromatic N) is 1. The maximum Gasteiger partial charge on any atom is 0.308 e. The van der Waals surface area contributed by atoms with Gasteiger partial charge in [0.2, 0.25) is 5.91 Å². The van der Waals surface area contributed by atoms with Crippen molar-refractivity contribution in [2.24, 2.45) is 5.92 Å². The summed E-state index contributed by atoms with van der Waals surface area (Å²) in [5.41, 5.74) is -0.350. The minimum Gasteiger partial charge on any atom is -0.481 e. The Kier molecular flexibility index (Phi) is 4.51. The SMILES string of the molecule is CC(C)(C)OCC(=O)N1CCC[C@@H](C(=O)O)C1. The van der Waals surface area contributed by atoms with Crippen molar-refractivity contribution in [2.75, 3.05) is 19.7 Å². The van der Waals surface area contributed by atoms with Crippen LogP contribution in [0.5, 0.6) is 0 Å². The highest BCUT2D eigenvalue weighted by Crippen LogP contribution is 2.17. The smallest absolute Gasteiger partial charge is 0.308 e. The van der Waals surface area contributed by atoms with E-state index in [1.54, 1.807) is 4.90 Å². The molecule has 0 aromatic rings. The Morgan fingerprint density at radius 3 is 2.59 bits per heavy atom. The summed E-state index contributed by atoms with van der Waals surface area (Å²) in [6.45, 7) is 6.62. The zero-order valence-corrected chi connectivity index (χ0v) is 10.7. The maximum atomic E-state index is 11.8. The number of likely N-dealkylation sites (tertiary alicyclic amines) is 1. The van der Waals surface area contributed by atoms with E-state index in [-0.39, 0.29) is 18.1 Å². The summed E-state index contributed by atoms with van der Waals surface area (Å²) in [5, 5.41) is 8.93. The third-order valence-electron chi connectivity index (χ3n) is 2.75. The van der Waals surface area contributed by atoms with Crippen LogP contribution in [0.2, 0.25) is 0 Å². The van der Waals surface area contributed by atoms with Gasteiger partial charge in [0.25, 0.3) is 0 Å². The molecule has 1 amide bonds. The summed E-state index contributed by atoms with van der Waals surface area (Å²) in [5.74, 6) is -1.37. The van der Waals surface area contributed by atoms with Crippen LogP contribution in [0, 0.1) is 5.92 Å². The molecule has 0 aliphatic carbocycles. The normalized spacial score (nSPS) is 21.4. The van der Waals surface area contributed by atoms with Gasteiger partial charge in [0.1, 0.15) is 6.61 Å². The lowest BCUT2D eigenvalue weighted by Gasteiger charge is -2.31. The summed E-state index contributed by atoms with van der Waals surface area (Å²) in [7, 11) is 0. The van der Waals surface area contributed by atoms with Crippen molar-refractivity contribution in [1.82, 2.24) is 4.90 Å². The summed E-state index contributed by atoms with van der Waals surface area (Å²) in [6, 6.07) is 0. The van der Waals surface area contributed by atoms with E-state index in [9.17, 15) is 9.59 Å². The Labute approximate surface area is 102 Å². The number of ether oxygens (including phenoxy) is 1. The van der Waals surface area contributed by atoms with E-state index in [4.69, 9.17) is 9.84 Å². The molecule has 1 atom stereocenters. The highest BCUT2D eigenvalue weighted by Gasteiger charge is 2.28. The van der Waals surface area contributed by atoms with Gasteiger partial charge in [-0.1, -0.05) is 0 Å². The number of carbonyl (C=O) groups excluding carboxylic acids is 1. The van der Waals surface area contributed by atoms with Gasteiger partial charge in [-0.3, -0.25) is 9.59 Å². The first-order valence-corrected chi connectivity index (χ1v) is 5.94. The number of rotatable bonds is 3. The van der Waals surface area contributed by atoms with Gasteiger partial charge in [-0.05, 0) is 33.6 Å². The number of carbonyl (C=O) groups is 2. The second kappa shape index (κ2) is 5.49. The third kappa shape index (κ3) is 4.73. The summed E-state index contributed by atoms with van der Waals surface area (Å²) >= 11 is 0. The lowest BCUT2D eigenvalue weighted by Crippen LogP contribution is -2.44. The average Bonchev–Trinajstić information content (AvgIpc) is 2.25. The lowest BCUT2D eigenvalue weighted by atomic mass is 9.98. The summed E-state index contributed by atoms with van der Waals surface area (Å²) in [4.78, 5) is 24.3. The second-order valence-electron chi connectivity index (χ2n) is 5.42. The van der Waals surface area contributed by atoms with E-state index < -0.39 is 11.9 Å². The van der Waals surface area contributed by atoms with Gasteiger partial charge in [0, 0.05) is 13.1 Å². The molecule has 1 rings (SSSR count). The number of amides is 1. The number of carboxylic acids is 1. The first-order chi connectivity index (χ1) is 7.79. The van der Waals surface area contributed by atoms with E-state index in [2.05, 4.69) is 0 Å². The molecule has 98 valence electrons. The van der Waals surface area contributed by atoms with E-state index in [0.29, 0.717) is 19.5 Å². The van der Waals surface area contributed by atoms with Crippen molar-refractivity contribution in [3.8, 4) is 0 Å². The van der Waals surface area contributed by atoms with Gasteiger partial charge in [-0.15, -0.1) is 0 Å². The molecule has 0 bridgehead atoms. The largest absolute Gasteiger partial charge is 0.481 e.